The topological polar surface area (TPSA) is 22.1 Å². The van der Waals surface area contributed by atoms with Crippen LogP contribution in [0.2, 0.25) is 0 Å². The van der Waals surface area contributed by atoms with Gasteiger partial charge in [-0.1, -0.05) is 6.07 Å². The Hall–Kier alpha value is -3.45. The van der Waals surface area contributed by atoms with Gasteiger partial charge >= 0.3 is 0 Å². The van der Waals surface area contributed by atoms with Crippen LogP contribution in [0.1, 0.15) is 16.7 Å². The van der Waals surface area contributed by atoms with Crippen molar-refractivity contribution in [2.24, 2.45) is 0 Å². The molecule has 0 amide bonds. The minimum atomic E-state index is 0.381. The summed E-state index contributed by atoms with van der Waals surface area (Å²) in [6.45, 7) is 2.01. The molecular formula is C24H13Cl2NO. The average molecular weight is 402 g/mol. The number of rotatable bonds is 4. The summed E-state index contributed by atoms with van der Waals surface area (Å²) < 4.78 is 5.38. The minimum absolute atomic E-state index is 0.381. The lowest BCUT2D eigenvalue weighted by atomic mass is 9.96. The van der Waals surface area contributed by atoms with Gasteiger partial charge in [0, 0.05) is 47.2 Å². The number of hydrogen-bond acceptors (Lipinski definition) is 2. The molecule has 1 heterocycles. The second kappa shape index (κ2) is 11.3. The summed E-state index contributed by atoms with van der Waals surface area (Å²) in [4.78, 5) is 4.21. The van der Waals surface area contributed by atoms with Gasteiger partial charge in [0.05, 0.1) is 6.20 Å². The summed E-state index contributed by atoms with van der Waals surface area (Å²) in [7, 11) is 0. The fraction of sp³-hybridized carbons (Fsp3) is 0.125. The van der Waals surface area contributed by atoms with E-state index in [4.69, 9.17) is 34.4 Å². The van der Waals surface area contributed by atoms with Crippen LogP contribution < -0.4 is 4.74 Å². The van der Waals surface area contributed by atoms with E-state index >= 15 is 0 Å². The molecule has 28 heavy (non-hydrogen) atoms. The molecule has 0 radical (unpaired) electrons. The number of hydrogen-bond donors (Lipinski definition) is 0. The number of nitrogens with zero attached hydrogens (tertiary/aromatic N) is 1. The van der Waals surface area contributed by atoms with Crippen molar-refractivity contribution in [2.75, 3.05) is 0 Å². The summed E-state index contributed by atoms with van der Waals surface area (Å²) in [6, 6.07) is 5.90. The third-order valence-electron chi connectivity index (χ3n) is 3.54. The molecule has 2 aromatic rings. The molecule has 0 unspecified atom stereocenters. The highest BCUT2D eigenvalue weighted by Crippen LogP contribution is 2.30. The number of pyridine rings is 1. The predicted molar refractivity (Wildman–Crippen MR) is 114 cm³/mol. The molecule has 0 fully saturated rings. The highest BCUT2D eigenvalue weighted by Gasteiger charge is 2.10. The van der Waals surface area contributed by atoms with Crippen LogP contribution in [0.5, 0.6) is 5.75 Å². The van der Waals surface area contributed by atoms with Gasteiger partial charge in [-0.15, -0.1) is 29.6 Å². The van der Waals surface area contributed by atoms with Crippen molar-refractivity contribution in [3.8, 4) is 76.8 Å². The summed E-state index contributed by atoms with van der Waals surface area (Å²) >= 11 is 12.1. The van der Waals surface area contributed by atoms with E-state index in [0.29, 0.717) is 17.5 Å². The molecule has 0 bridgehead atoms. The zero-order valence-electron chi connectivity index (χ0n) is 15.0. The summed E-state index contributed by atoms with van der Waals surface area (Å²) in [5.74, 6) is 20.8. The first-order valence-electron chi connectivity index (χ1n) is 8.01. The van der Waals surface area contributed by atoms with Crippen molar-refractivity contribution < 1.29 is 4.74 Å². The molecule has 4 heteroatoms. The first-order chi connectivity index (χ1) is 13.7. The lowest BCUT2D eigenvalue weighted by molar-refractivity contribution is 0.517. The van der Waals surface area contributed by atoms with E-state index in [0.717, 1.165) is 27.8 Å². The third kappa shape index (κ3) is 6.07. The maximum absolute atomic E-state index is 6.11. The zero-order chi connectivity index (χ0) is 20.2. The normalized spacial score (nSPS) is 8.36. The Morgan fingerprint density at radius 1 is 0.893 bits per heavy atom. The maximum atomic E-state index is 6.11. The SMILES string of the molecule is C#CC#CC#CC#CC#COc1cncc(-c2cc(CCl)c(C)cc2CCl)c1. The number of aryl methyl sites for hydroxylation is 1. The molecule has 0 aliphatic rings. The maximum Gasteiger partial charge on any atom is 0.159 e. The fourth-order valence-corrected chi connectivity index (χ4v) is 2.77. The first kappa shape index (κ1) is 20.9. The van der Waals surface area contributed by atoms with E-state index in [1.54, 1.807) is 12.4 Å². The monoisotopic (exact) mass is 401 g/mol. The zero-order valence-corrected chi connectivity index (χ0v) is 16.5. The van der Waals surface area contributed by atoms with Crippen LogP contribution >= 0.6 is 23.2 Å². The Kier molecular flexibility index (Phi) is 8.42. The predicted octanol–water partition coefficient (Wildman–Crippen LogP) is 4.52. The van der Waals surface area contributed by atoms with E-state index in [1.165, 1.54) is 0 Å². The lowest BCUT2D eigenvalue weighted by Crippen LogP contribution is -1.94. The van der Waals surface area contributed by atoms with Gasteiger partial charge in [-0.3, -0.25) is 4.98 Å². The molecule has 0 saturated carbocycles. The van der Waals surface area contributed by atoms with Crippen molar-refractivity contribution >= 4 is 23.2 Å². The van der Waals surface area contributed by atoms with E-state index in [2.05, 4.69) is 58.5 Å². The van der Waals surface area contributed by atoms with Gasteiger partial charge in [-0.2, -0.15) is 0 Å². The molecule has 0 N–H and O–H groups in total. The molecule has 0 aliphatic heterocycles. The molecule has 0 aliphatic carbocycles. The standard InChI is InChI=1S/C24H13Cl2NO/c1-3-4-5-6-7-8-9-10-11-28-23-13-22(17-27-18-23)24-14-20(15-25)19(2)12-21(24)16-26/h1,12-14,17-18H,15-16H2,2H3. The molecule has 2 rings (SSSR count). The van der Waals surface area contributed by atoms with Gasteiger partial charge in [0.25, 0.3) is 0 Å². The number of alkyl halides is 2. The molecule has 1 aromatic carbocycles. The first-order valence-corrected chi connectivity index (χ1v) is 9.08. The second-order valence-electron chi connectivity index (χ2n) is 5.34. The minimum Gasteiger partial charge on any atom is -0.405 e. The molecule has 2 nitrogen and oxygen atoms in total. The molecule has 0 atom stereocenters. The van der Waals surface area contributed by atoms with Crippen molar-refractivity contribution in [2.45, 2.75) is 18.7 Å². The van der Waals surface area contributed by atoms with Crippen molar-refractivity contribution in [1.82, 2.24) is 4.98 Å². The van der Waals surface area contributed by atoms with E-state index < -0.39 is 0 Å². The Morgan fingerprint density at radius 2 is 1.57 bits per heavy atom. The third-order valence-corrected chi connectivity index (χ3v) is 4.12. The van der Waals surface area contributed by atoms with Gasteiger partial charge < -0.3 is 4.74 Å². The number of halogens is 2. The van der Waals surface area contributed by atoms with Gasteiger partial charge in [0.1, 0.15) is 6.11 Å². The highest BCUT2D eigenvalue weighted by molar-refractivity contribution is 6.18. The second-order valence-corrected chi connectivity index (χ2v) is 5.87. The molecular weight excluding hydrogens is 389 g/mol. The highest BCUT2D eigenvalue weighted by atomic mass is 35.5. The molecule has 1 aromatic heterocycles. The van der Waals surface area contributed by atoms with Crippen LogP contribution in [0.3, 0.4) is 0 Å². The Morgan fingerprint density at radius 3 is 2.25 bits per heavy atom. The van der Waals surface area contributed by atoms with Crippen LogP contribution in [0, 0.1) is 66.8 Å². The van der Waals surface area contributed by atoms with Crippen molar-refractivity contribution in [1.29, 1.82) is 0 Å². The molecule has 0 spiro atoms. The van der Waals surface area contributed by atoms with Gasteiger partial charge in [-0.05, 0) is 65.0 Å². The van der Waals surface area contributed by atoms with Crippen LogP contribution in [0.4, 0.5) is 0 Å². The van der Waals surface area contributed by atoms with Gasteiger partial charge in [0.15, 0.2) is 5.75 Å². The molecule has 134 valence electrons. The van der Waals surface area contributed by atoms with Crippen LogP contribution in [0.15, 0.2) is 30.6 Å². The smallest absolute Gasteiger partial charge is 0.159 e. The largest absolute Gasteiger partial charge is 0.405 e. The number of aromatic nitrogens is 1. The van der Waals surface area contributed by atoms with Crippen LogP contribution in [-0.2, 0) is 11.8 Å². The van der Waals surface area contributed by atoms with E-state index in [1.807, 2.05) is 25.1 Å². The van der Waals surface area contributed by atoms with Gasteiger partial charge in [-0.25, -0.2) is 0 Å². The molecule has 0 saturated heterocycles. The van der Waals surface area contributed by atoms with E-state index in [9.17, 15) is 0 Å². The summed E-state index contributed by atoms with van der Waals surface area (Å²) in [5, 5.41) is 0. The summed E-state index contributed by atoms with van der Waals surface area (Å²) in [5.41, 5.74) is 4.97. The van der Waals surface area contributed by atoms with Crippen molar-refractivity contribution in [3.63, 3.8) is 0 Å². The van der Waals surface area contributed by atoms with Crippen molar-refractivity contribution in [3.05, 3.63) is 47.3 Å². The van der Waals surface area contributed by atoms with Crippen LogP contribution in [0.25, 0.3) is 11.1 Å². The number of benzene rings is 1. The number of ether oxygens (including phenoxy) is 1. The Balaban J connectivity index is 2.20. The Labute approximate surface area is 175 Å². The van der Waals surface area contributed by atoms with Gasteiger partial charge in [0.2, 0.25) is 0 Å². The van der Waals surface area contributed by atoms with E-state index in [-0.39, 0.29) is 0 Å². The van der Waals surface area contributed by atoms with Crippen LogP contribution in [-0.4, -0.2) is 4.98 Å². The number of terminal acetylenes is 1. The summed E-state index contributed by atoms with van der Waals surface area (Å²) in [6.07, 6.45) is 10.8. The Bertz CT molecular complexity index is 1160. The quantitative estimate of drug-likeness (QED) is 0.554. The fourth-order valence-electron chi connectivity index (χ4n) is 2.26. The average Bonchev–Trinajstić information content (AvgIpc) is 2.72. The lowest BCUT2D eigenvalue weighted by Gasteiger charge is -2.12.